The second-order valence-electron chi connectivity index (χ2n) is 6.35. The minimum absolute atomic E-state index is 0.0390. The number of benzene rings is 1. The molecule has 2 unspecified atom stereocenters. The van der Waals surface area contributed by atoms with Crippen LogP contribution in [0.5, 0.6) is 0 Å². The molecule has 0 radical (unpaired) electrons. The van der Waals surface area contributed by atoms with E-state index in [1.54, 1.807) is 24.5 Å². The molecule has 2 aromatic rings. The Balaban J connectivity index is 1.94. The number of rotatable bonds is 5. The smallest absolute Gasteiger partial charge is 0.234 e. The highest BCUT2D eigenvalue weighted by molar-refractivity contribution is 5.96. The number of nitrogens with two attached hydrogens (primary N) is 1. The van der Waals surface area contributed by atoms with Crippen molar-refractivity contribution >= 4 is 11.7 Å². The zero-order chi connectivity index (χ0) is 17.0. The second kappa shape index (κ2) is 6.93. The highest BCUT2D eigenvalue weighted by Gasteiger charge is 2.41. The van der Waals surface area contributed by atoms with Gasteiger partial charge in [-0.1, -0.05) is 30.3 Å². The van der Waals surface area contributed by atoms with Crippen LogP contribution in [0.3, 0.4) is 0 Å². The molecular weight excluding hydrogens is 302 g/mol. The molecule has 1 amide bonds. The molecule has 1 aromatic carbocycles. The van der Waals surface area contributed by atoms with Gasteiger partial charge in [0.05, 0.1) is 6.04 Å². The molecule has 0 spiro atoms. The van der Waals surface area contributed by atoms with Crippen LogP contribution in [-0.2, 0) is 10.2 Å². The minimum atomic E-state index is -0.416. The highest BCUT2D eigenvalue weighted by Crippen LogP contribution is 2.39. The van der Waals surface area contributed by atoms with Crippen LogP contribution in [0.25, 0.3) is 0 Å². The van der Waals surface area contributed by atoms with Crippen LogP contribution >= 0.6 is 0 Å². The van der Waals surface area contributed by atoms with Crippen LogP contribution in [-0.4, -0.2) is 29.3 Å². The summed E-state index contributed by atoms with van der Waals surface area (Å²) in [5.74, 6) is -0.332. The minimum Gasteiger partial charge on any atom is -0.368 e. The van der Waals surface area contributed by atoms with Crippen LogP contribution in [0, 0.1) is 0 Å². The van der Waals surface area contributed by atoms with Gasteiger partial charge in [0.25, 0.3) is 0 Å². The molecule has 1 aliphatic rings. The van der Waals surface area contributed by atoms with Crippen LogP contribution in [0.2, 0.25) is 0 Å². The predicted molar refractivity (Wildman–Crippen MR) is 91.5 cm³/mol. The van der Waals surface area contributed by atoms with Gasteiger partial charge in [-0.15, -0.1) is 0 Å². The van der Waals surface area contributed by atoms with Crippen molar-refractivity contribution < 1.29 is 9.59 Å². The van der Waals surface area contributed by atoms with E-state index in [1.807, 2.05) is 30.3 Å². The fourth-order valence-electron chi connectivity index (χ4n) is 3.51. The number of hydrogen-bond donors (Lipinski definition) is 2. The summed E-state index contributed by atoms with van der Waals surface area (Å²) in [6.45, 7) is 0.656. The van der Waals surface area contributed by atoms with E-state index < -0.39 is 6.04 Å². The molecule has 3 N–H and O–H groups in total. The third-order valence-corrected chi connectivity index (χ3v) is 4.80. The maximum Gasteiger partial charge on any atom is 0.234 e. The van der Waals surface area contributed by atoms with E-state index in [4.69, 9.17) is 5.73 Å². The quantitative estimate of drug-likeness (QED) is 0.822. The number of amides is 1. The van der Waals surface area contributed by atoms with Gasteiger partial charge < -0.3 is 11.1 Å². The van der Waals surface area contributed by atoms with E-state index in [-0.39, 0.29) is 17.1 Å². The fraction of sp³-hybridized carbons (Fsp3) is 0.316. The lowest BCUT2D eigenvalue weighted by atomic mass is 9.67. The number of Topliss-reactive ketones (excluding diaryl/α,β-unsaturated/α-hetero) is 1. The van der Waals surface area contributed by atoms with Gasteiger partial charge >= 0.3 is 0 Å². The van der Waals surface area contributed by atoms with Gasteiger partial charge in [0.2, 0.25) is 5.91 Å². The second-order valence-corrected chi connectivity index (χ2v) is 6.35. The van der Waals surface area contributed by atoms with Crippen molar-refractivity contribution in [3.05, 3.63) is 66.0 Å². The van der Waals surface area contributed by atoms with E-state index in [1.165, 1.54) is 0 Å². The number of nitrogens with zero attached hydrogens (tertiary/aromatic N) is 1. The number of aromatic nitrogens is 1. The molecule has 0 saturated carbocycles. The summed E-state index contributed by atoms with van der Waals surface area (Å²) in [6.07, 6.45) is 4.89. The van der Waals surface area contributed by atoms with Gasteiger partial charge in [-0.05, 0) is 37.1 Å². The molecule has 5 heteroatoms. The summed E-state index contributed by atoms with van der Waals surface area (Å²) < 4.78 is 0. The summed E-state index contributed by atoms with van der Waals surface area (Å²) in [5, 5.41) is 3.16. The molecule has 2 atom stereocenters. The van der Waals surface area contributed by atoms with Gasteiger partial charge in [-0.2, -0.15) is 0 Å². The first-order valence-corrected chi connectivity index (χ1v) is 8.12. The SMILES string of the molecule is NC(=O)C1CC(CC(=O)c2cccnc2)(c2ccccc2)CCN1. The Bertz CT molecular complexity index is 718. The normalized spacial score (nSPS) is 23.6. The number of carbonyl (C=O) groups is 2. The van der Waals surface area contributed by atoms with Gasteiger partial charge in [0.15, 0.2) is 5.78 Å². The number of nitrogens with one attached hydrogen (secondary N) is 1. The molecule has 1 saturated heterocycles. The Kier molecular flexibility index (Phi) is 4.71. The monoisotopic (exact) mass is 323 g/mol. The van der Waals surface area contributed by atoms with Crippen molar-refractivity contribution in [2.24, 2.45) is 5.73 Å². The number of pyridine rings is 1. The van der Waals surface area contributed by atoms with Crippen molar-refractivity contribution in [3.63, 3.8) is 0 Å². The number of ketones is 1. The van der Waals surface area contributed by atoms with Gasteiger partial charge in [0, 0.05) is 29.8 Å². The standard InChI is InChI=1S/C19H21N3O2/c20-18(24)16-11-19(8-10-22-16,15-6-2-1-3-7-15)12-17(23)14-5-4-9-21-13-14/h1-7,9,13,16,22H,8,10-12H2,(H2,20,24). The Morgan fingerprint density at radius 1 is 1.21 bits per heavy atom. The largest absolute Gasteiger partial charge is 0.368 e. The van der Waals surface area contributed by atoms with Crippen molar-refractivity contribution in [3.8, 4) is 0 Å². The zero-order valence-electron chi connectivity index (χ0n) is 13.4. The van der Waals surface area contributed by atoms with Gasteiger partial charge in [-0.3, -0.25) is 14.6 Å². The van der Waals surface area contributed by atoms with Gasteiger partial charge in [-0.25, -0.2) is 0 Å². The highest BCUT2D eigenvalue weighted by atomic mass is 16.1. The molecule has 0 aliphatic carbocycles. The maximum absolute atomic E-state index is 12.8. The zero-order valence-corrected chi connectivity index (χ0v) is 13.4. The topological polar surface area (TPSA) is 85.1 Å². The van der Waals surface area contributed by atoms with Crippen molar-refractivity contribution in [1.82, 2.24) is 10.3 Å². The Morgan fingerprint density at radius 2 is 2.00 bits per heavy atom. The summed E-state index contributed by atoms with van der Waals surface area (Å²) in [4.78, 5) is 28.5. The molecule has 5 nitrogen and oxygen atoms in total. The Morgan fingerprint density at radius 3 is 2.67 bits per heavy atom. The lowest BCUT2D eigenvalue weighted by molar-refractivity contribution is -0.121. The van der Waals surface area contributed by atoms with Crippen LogP contribution in [0.15, 0.2) is 54.9 Å². The first-order chi connectivity index (χ1) is 11.6. The van der Waals surface area contributed by atoms with Crippen LogP contribution in [0.1, 0.15) is 35.2 Å². The molecule has 3 rings (SSSR count). The number of primary amides is 1. The molecule has 1 fully saturated rings. The van der Waals surface area contributed by atoms with E-state index >= 15 is 0 Å². The average Bonchev–Trinajstić information content (AvgIpc) is 2.63. The Labute approximate surface area is 141 Å². The van der Waals surface area contributed by atoms with E-state index in [0.717, 1.165) is 12.0 Å². The predicted octanol–water partition coefficient (Wildman–Crippen LogP) is 1.83. The lowest BCUT2D eigenvalue weighted by Gasteiger charge is -2.41. The molecule has 24 heavy (non-hydrogen) atoms. The number of hydrogen-bond acceptors (Lipinski definition) is 4. The van der Waals surface area contributed by atoms with Crippen molar-refractivity contribution in [2.75, 3.05) is 6.54 Å². The number of carbonyl (C=O) groups excluding carboxylic acids is 2. The fourth-order valence-corrected chi connectivity index (χ4v) is 3.51. The molecular formula is C19H21N3O2. The third-order valence-electron chi connectivity index (χ3n) is 4.80. The first-order valence-electron chi connectivity index (χ1n) is 8.12. The van der Waals surface area contributed by atoms with E-state index in [0.29, 0.717) is 24.9 Å². The summed E-state index contributed by atoms with van der Waals surface area (Å²) >= 11 is 0. The van der Waals surface area contributed by atoms with Crippen molar-refractivity contribution in [1.29, 1.82) is 0 Å². The van der Waals surface area contributed by atoms with E-state index in [9.17, 15) is 9.59 Å². The van der Waals surface area contributed by atoms with Crippen LogP contribution in [0.4, 0.5) is 0 Å². The molecule has 1 aliphatic heterocycles. The molecule has 2 heterocycles. The maximum atomic E-state index is 12.8. The first kappa shape index (κ1) is 16.3. The summed E-state index contributed by atoms with van der Waals surface area (Å²) in [6, 6.07) is 13.1. The van der Waals surface area contributed by atoms with Crippen molar-refractivity contribution in [2.45, 2.75) is 30.7 Å². The van der Waals surface area contributed by atoms with Gasteiger partial charge in [0.1, 0.15) is 0 Å². The summed E-state index contributed by atoms with van der Waals surface area (Å²) in [5.41, 5.74) is 6.80. The third kappa shape index (κ3) is 3.36. The summed E-state index contributed by atoms with van der Waals surface area (Å²) in [7, 11) is 0. The molecule has 1 aromatic heterocycles. The average molecular weight is 323 g/mol. The Hall–Kier alpha value is -2.53. The van der Waals surface area contributed by atoms with E-state index in [2.05, 4.69) is 10.3 Å². The van der Waals surface area contributed by atoms with Crippen LogP contribution < -0.4 is 11.1 Å². The molecule has 124 valence electrons. The number of piperidine rings is 1. The molecule has 0 bridgehead atoms. The lowest BCUT2D eigenvalue weighted by Crippen LogP contribution is -2.52.